The van der Waals surface area contributed by atoms with Crippen LogP contribution >= 0.6 is 0 Å². The SMILES string of the molecule is CC(C)CC1CCCC(N)(C2CCCc3cccnc32)C1. The van der Waals surface area contributed by atoms with Crippen LogP contribution in [0.15, 0.2) is 18.3 Å². The van der Waals surface area contributed by atoms with Crippen molar-refractivity contribution in [3.05, 3.63) is 29.6 Å². The fourth-order valence-electron chi connectivity index (χ4n) is 4.81. The molecule has 0 bridgehead atoms. The summed E-state index contributed by atoms with van der Waals surface area (Å²) in [6, 6.07) is 4.33. The van der Waals surface area contributed by atoms with Crippen LogP contribution in [0.4, 0.5) is 0 Å². The van der Waals surface area contributed by atoms with Crippen LogP contribution < -0.4 is 5.73 Å². The predicted octanol–water partition coefficient (Wildman–Crippen LogP) is 4.44. The van der Waals surface area contributed by atoms with Crippen LogP contribution in [-0.4, -0.2) is 10.5 Å². The van der Waals surface area contributed by atoms with E-state index in [1.807, 2.05) is 6.20 Å². The van der Waals surface area contributed by atoms with Crippen LogP contribution in [0.3, 0.4) is 0 Å². The first-order valence-corrected chi connectivity index (χ1v) is 8.81. The van der Waals surface area contributed by atoms with Gasteiger partial charge in [0.05, 0.1) is 0 Å². The molecule has 0 spiro atoms. The summed E-state index contributed by atoms with van der Waals surface area (Å²) in [6.45, 7) is 4.68. The Bertz CT molecular complexity index is 482. The molecule has 116 valence electrons. The Kier molecular flexibility index (Phi) is 4.35. The van der Waals surface area contributed by atoms with Gasteiger partial charge in [0, 0.05) is 23.3 Å². The summed E-state index contributed by atoms with van der Waals surface area (Å²) in [4.78, 5) is 4.73. The minimum Gasteiger partial charge on any atom is -0.324 e. The van der Waals surface area contributed by atoms with Gasteiger partial charge in [-0.3, -0.25) is 4.98 Å². The molecule has 1 saturated carbocycles. The van der Waals surface area contributed by atoms with E-state index in [0.29, 0.717) is 5.92 Å². The number of nitrogens with two attached hydrogens (primary N) is 1. The molecule has 2 aliphatic rings. The van der Waals surface area contributed by atoms with Crippen molar-refractivity contribution in [1.29, 1.82) is 0 Å². The van der Waals surface area contributed by atoms with E-state index in [4.69, 9.17) is 10.7 Å². The minimum atomic E-state index is -0.0126. The van der Waals surface area contributed by atoms with Gasteiger partial charge in [0.1, 0.15) is 0 Å². The van der Waals surface area contributed by atoms with Gasteiger partial charge >= 0.3 is 0 Å². The van der Waals surface area contributed by atoms with Crippen molar-refractivity contribution in [2.45, 2.75) is 76.7 Å². The monoisotopic (exact) mass is 286 g/mol. The fraction of sp³-hybridized carbons (Fsp3) is 0.737. The molecule has 0 aliphatic heterocycles. The molecular formula is C19H30N2. The molecule has 1 aromatic rings. The Labute approximate surface area is 129 Å². The lowest BCUT2D eigenvalue weighted by atomic mass is 9.64. The van der Waals surface area contributed by atoms with Crippen molar-refractivity contribution in [3.8, 4) is 0 Å². The van der Waals surface area contributed by atoms with E-state index >= 15 is 0 Å². The second kappa shape index (κ2) is 6.08. The number of rotatable bonds is 3. The van der Waals surface area contributed by atoms with Gasteiger partial charge in [-0.25, -0.2) is 0 Å². The zero-order valence-electron chi connectivity index (χ0n) is 13.6. The van der Waals surface area contributed by atoms with Gasteiger partial charge in [-0.1, -0.05) is 32.8 Å². The normalized spacial score (nSPS) is 33.0. The summed E-state index contributed by atoms with van der Waals surface area (Å²) in [5.41, 5.74) is 9.73. The molecule has 2 aliphatic carbocycles. The highest BCUT2D eigenvalue weighted by Gasteiger charge is 2.42. The quantitative estimate of drug-likeness (QED) is 0.892. The van der Waals surface area contributed by atoms with Crippen LogP contribution in [0.2, 0.25) is 0 Å². The molecule has 1 heterocycles. The Balaban J connectivity index is 1.82. The van der Waals surface area contributed by atoms with Gasteiger partial charge in [-0.2, -0.15) is 0 Å². The first kappa shape index (κ1) is 15.0. The third kappa shape index (κ3) is 3.15. The summed E-state index contributed by atoms with van der Waals surface area (Å²) in [6.07, 6.45) is 12.0. The van der Waals surface area contributed by atoms with Crippen molar-refractivity contribution in [1.82, 2.24) is 4.98 Å². The van der Waals surface area contributed by atoms with Crippen molar-refractivity contribution < 1.29 is 0 Å². The van der Waals surface area contributed by atoms with Crippen molar-refractivity contribution in [3.63, 3.8) is 0 Å². The molecule has 3 unspecified atom stereocenters. The second-order valence-corrected chi connectivity index (χ2v) is 7.82. The third-order valence-corrected chi connectivity index (χ3v) is 5.62. The third-order valence-electron chi connectivity index (χ3n) is 5.62. The molecule has 1 aromatic heterocycles. The lowest BCUT2D eigenvalue weighted by Gasteiger charge is -2.45. The summed E-state index contributed by atoms with van der Waals surface area (Å²) in [5, 5.41) is 0. The van der Waals surface area contributed by atoms with Gasteiger partial charge < -0.3 is 5.73 Å². The van der Waals surface area contributed by atoms with Crippen molar-refractivity contribution >= 4 is 0 Å². The highest BCUT2D eigenvalue weighted by molar-refractivity contribution is 5.29. The lowest BCUT2D eigenvalue weighted by molar-refractivity contribution is 0.161. The molecule has 0 aromatic carbocycles. The standard InChI is InChI=1S/C19H30N2/c1-14(2)12-15-6-4-10-19(20,13-15)17-9-3-7-16-8-5-11-21-18(16)17/h5,8,11,14-15,17H,3-4,6-7,9-10,12-13,20H2,1-2H3. The molecule has 21 heavy (non-hydrogen) atoms. The Hall–Kier alpha value is -0.890. The lowest BCUT2D eigenvalue weighted by Crippen LogP contribution is -2.50. The molecule has 2 heteroatoms. The molecule has 0 amide bonds. The number of fused-ring (bicyclic) bond motifs is 1. The summed E-state index contributed by atoms with van der Waals surface area (Å²) in [7, 11) is 0. The summed E-state index contributed by atoms with van der Waals surface area (Å²) in [5.74, 6) is 2.09. The maximum Gasteiger partial charge on any atom is 0.0484 e. The van der Waals surface area contributed by atoms with Crippen molar-refractivity contribution in [2.75, 3.05) is 0 Å². The Morgan fingerprint density at radius 2 is 2.19 bits per heavy atom. The smallest absolute Gasteiger partial charge is 0.0484 e. The Morgan fingerprint density at radius 3 is 3.00 bits per heavy atom. The van der Waals surface area contributed by atoms with E-state index in [1.54, 1.807) is 0 Å². The molecule has 2 N–H and O–H groups in total. The van der Waals surface area contributed by atoms with E-state index in [9.17, 15) is 0 Å². The predicted molar refractivity (Wildman–Crippen MR) is 88.2 cm³/mol. The molecule has 0 radical (unpaired) electrons. The van der Waals surface area contributed by atoms with Crippen LogP contribution in [0, 0.1) is 11.8 Å². The molecule has 3 rings (SSSR count). The van der Waals surface area contributed by atoms with Gasteiger partial charge in [0.2, 0.25) is 0 Å². The molecule has 1 fully saturated rings. The zero-order valence-corrected chi connectivity index (χ0v) is 13.6. The van der Waals surface area contributed by atoms with E-state index < -0.39 is 0 Å². The number of pyridine rings is 1. The van der Waals surface area contributed by atoms with Crippen LogP contribution in [0.1, 0.15) is 76.0 Å². The molecule has 0 saturated heterocycles. The summed E-state index contributed by atoms with van der Waals surface area (Å²) >= 11 is 0. The Morgan fingerprint density at radius 1 is 1.33 bits per heavy atom. The first-order chi connectivity index (χ1) is 10.1. The average Bonchev–Trinajstić information content (AvgIpc) is 2.46. The highest BCUT2D eigenvalue weighted by Crippen LogP contribution is 2.46. The molecule has 3 atom stereocenters. The number of aryl methyl sites for hydroxylation is 1. The fourth-order valence-corrected chi connectivity index (χ4v) is 4.81. The van der Waals surface area contributed by atoms with E-state index in [-0.39, 0.29) is 5.54 Å². The average molecular weight is 286 g/mol. The first-order valence-electron chi connectivity index (χ1n) is 8.81. The number of hydrogen-bond acceptors (Lipinski definition) is 2. The number of hydrogen-bond donors (Lipinski definition) is 1. The largest absolute Gasteiger partial charge is 0.324 e. The van der Waals surface area contributed by atoms with E-state index in [0.717, 1.165) is 11.8 Å². The maximum absolute atomic E-state index is 6.97. The zero-order chi connectivity index (χ0) is 14.9. The minimum absolute atomic E-state index is 0.0126. The van der Waals surface area contributed by atoms with Gasteiger partial charge in [-0.05, 0) is 62.0 Å². The topological polar surface area (TPSA) is 38.9 Å². The van der Waals surface area contributed by atoms with Crippen LogP contribution in [-0.2, 0) is 6.42 Å². The van der Waals surface area contributed by atoms with Gasteiger partial charge in [-0.15, -0.1) is 0 Å². The van der Waals surface area contributed by atoms with E-state index in [1.165, 1.54) is 62.6 Å². The summed E-state index contributed by atoms with van der Waals surface area (Å²) < 4.78 is 0. The van der Waals surface area contributed by atoms with Crippen molar-refractivity contribution in [2.24, 2.45) is 17.6 Å². The van der Waals surface area contributed by atoms with Gasteiger partial charge in [0.25, 0.3) is 0 Å². The van der Waals surface area contributed by atoms with Crippen LogP contribution in [0.5, 0.6) is 0 Å². The van der Waals surface area contributed by atoms with E-state index in [2.05, 4.69) is 26.0 Å². The number of aromatic nitrogens is 1. The molecule has 2 nitrogen and oxygen atoms in total. The molecular weight excluding hydrogens is 256 g/mol. The number of nitrogens with zero attached hydrogens (tertiary/aromatic N) is 1. The van der Waals surface area contributed by atoms with Gasteiger partial charge in [0.15, 0.2) is 0 Å². The second-order valence-electron chi connectivity index (χ2n) is 7.82. The highest BCUT2D eigenvalue weighted by atomic mass is 14.8. The van der Waals surface area contributed by atoms with Crippen LogP contribution in [0.25, 0.3) is 0 Å². The maximum atomic E-state index is 6.97.